The molecule has 3 aromatic rings. The lowest BCUT2D eigenvalue weighted by Crippen LogP contribution is -2.26. The topological polar surface area (TPSA) is 127 Å². The predicted molar refractivity (Wildman–Crippen MR) is 125 cm³/mol. The van der Waals surface area contributed by atoms with Crippen LogP contribution in [0.3, 0.4) is 0 Å². The first kappa shape index (κ1) is 23.5. The van der Waals surface area contributed by atoms with E-state index in [1.165, 1.54) is 6.26 Å². The van der Waals surface area contributed by atoms with Gasteiger partial charge in [-0.2, -0.15) is 10.1 Å². The van der Waals surface area contributed by atoms with Gasteiger partial charge in [0.15, 0.2) is 11.5 Å². The number of carbonyl (C=O) groups is 1. The standard InChI is InChI=1S/C20H28N8O3S/c1-6-27(4)20-23-15-16(19(29)26-32(5)30)25-28(10-11-31-7-2)17(15)18(24-20)22-14-12-13(3)8-9-21-14/h8-9,12H,6-7,10-11H2,1-5H3,(H,26,29)(H,21,22,23,24). The third kappa shape index (κ3) is 5.37. The van der Waals surface area contributed by atoms with Crippen molar-refractivity contribution in [3.8, 4) is 0 Å². The Morgan fingerprint density at radius 1 is 1.31 bits per heavy atom. The van der Waals surface area contributed by atoms with Crippen molar-refractivity contribution in [1.29, 1.82) is 0 Å². The van der Waals surface area contributed by atoms with Crippen LogP contribution >= 0.6 is 0 Å². The summed E-state index contributed by atoms with van der Waals surface area (Å²) in [5.41, 5.74) is 1.99. The Kier molecular flexibility index (Phi) is 7.70. The van der Waals surface area contributed by atoms with E-state index in [2.05, 4.69) is 30.1 Å². The van der Waals surface area contributed by atoms with Gasteiger partial charge < -0.3 is 15.0 Å². The van der Waals surface area contributed by atoms with Crippen molar-refractivity contribution in [2.45, 2.75) is 27.3 Å². The van der Waals surface area contributed by atoms with Crippen molar-refractivity contribution in [1.82, 2.24) is 29.5 Å². The number of pyridine rings is 1. The summed E-state index contributed by atoms with van der Waals surface area (Å²) in [6, 6.07) is 3.79. The molecular formula is C20H28N8O3S. The summed E-state index contributed by atoms with van der Waals surface area (Å²) in [5.74, 6) is 0.915. The number of anilines is 3. The lowest BCUT2D eigenvalue weighted by atomic mass is 10.3. The molecule has 0 bridgehead atoms. The van der Waals surface area contributed by atoms with Crippen molar-refractivity contribution in [3.05, 3.63) is 29.6 Å². The van der Waals surface area contributed by atoms with E-state index in [1.54, 1.807) is 10.9 Å². The number of amides is 1. The number of carbonyl (C=O) groups excluding carboxylic acids is 1. The van der Waals surface area contributed by atoms with E-state index in [9.17, 15) is 9.00 Å². The van der Waals surface area contributed by atoms with Crippen molar-refractivity contribution in [2.75, 3.05) is 43.3 Å². The molecule has 11 nitrogen and oxygen atoms in total. The highest BCUT2D eigenvalue weighted by atomic mass is 32.2. The number of rotatable bonds is 10. The van der Waals surface area contributed by atoms with E-state index in [4.69, 9.17) is 4.74 Å². The fraction of sp³-hybridized carbons (Fsp3) is 0.450. The zero-order valence-corrected chi connectivity index (χ0v) is 19.7. The van der Waals surface area contributed by atoms with E-state index < -0.39 is 16.9 Å². The minimum Gasteiger partial charge on any atom is -0.380 e. The van der Waals surface area contributed by atoms with Gasteiger partial charge in [-0.05, 0) is 38.5 Å². The van der Waals surface area contributed by atoms with Gasteiger partial charge in [-0.3, -0.25) is 14.2 Å². The lowest BCUT2D eigenvalue weighted by Gasteiger charge is -2.17. The van der Waals surface area contributed by atoms with Gasteiger partial charge in [0.2, 0.25) is 5.95 Å². The molecule has 1 atom stereocenters. The van der Waals surface area contributed by atoms with E-state index in [1.807, 2.05) is 44.9 Å². The molecule has 0 radical (unpaired) electrons. The van der Waals surface area contributed by atoms with Gasteiger partial charge in [0.25, 0.3) is 5.91 Å². The molecule has 12 heteroatoms. The highest BCUT2D eigenvalue weighted by molar-refractivity contribution is 7.82. The van der Waals surface area contributed by atoms with Gasteiger partial charge in [0, 0.05) is 32.7 Å². The van der Waals surface area contributed by atoms with Gasteiger partial charge in [-0.15, -0.1) is 0 Å². The maximum Gasteiger partial charge on any atom is 0.285 e. The van der Waals surface area contributed by atoms with E-state index in [-0.39, 0.29) is 5.69 Å². The summed E-state index contributed by atoms with van der Waals surface area (Å²) in [7, 11) is 0.313. The van der Waals surface area contributed by atoms with E-state index >= 15 is 0 Å². The molecule has 1 unspecified atom stereocenters. The molecule has 0 fully saturated rings. The van der Waals surface area contributed by atoms with Crippen molar-refractivity contribution < 1.29 is 13.7 Å². The number of nitrogens with zero attached hydrogens (tertiary/aromatic N) is 6. The second-order valence-electron chi connectivity index (χ2n) is 7.08. The van der Waals surface area contributed by atoms with Crippen LogP contribution < -0.4 is 14.9 Å². The van der Waals surface area contributed by atoms with Crippen LogP contribution in [0.5, 0.6) is 0 Å². The predicted octanol–water partition coefficient (Wildman–Crippen LogP) is 1.79. The second kappa shape index (κ2) is 10.5. The SMILES string of the molecule is CCOCCn1nc(C(=O)NS(C)=O)c2nc(N(C)CC)nc(Nc3cc(C)ccn3)c21. The van der Waals surface area contributed by atoms with Crippen LogP contribution in [0.1, 0.15) is 29.9 Å². The van der Waals surface area contributed by atoms with E-state index in [0.29, 0.717) is 54.9 Å². The molecule has 0 aliphatic carbocycles. The largest absolute Gasteiger partial charge is 0.380 e. The van der Waals surface area contributed by atoms with Gasteiger partial charge in [0.05, 0.1) is 13.2 Å². The van der Waals surface area contributed by atoms with Gasteiger partial charge in [0.1, 0.15) is 27.8 Å². The highest BCUT2D eigenvalue weighted by Gasteiger charge is 2.24. The number of nitrogens with one attached hydrogen (secondary N) is 2. The quantitative estimate of drug-likeness (QED) is 0.435. The zero-order chi connectivity index (χ0) is 23.3. The van der Waals surface area contributed by atoms with Crippen LogP contribution in [0, 0.1) is 6.92 Å². The molecule has 32 heavy (non-hydrogen) atoms. The number of ether oxygens (including phenoxy) is 1. The number of aromatic nitrogens is 5. The van der Waals surface area contributed by atoms with Crippen molar-refractivity contribution in [3.63, 3.8) is 0 Å². The molecule has 0 aliphatic rings. The third-order valence-corrected chi connectivity index (χ3v) is 5.13. The monoisotopic (exact) mass is 460 g/mol. The van der Waals surface area contributed by atoms with Gasteiger partial charge in [-0.25, -0.2) is 14.2 Å². The Morgan fingerprint density at radius 2 is 2.09 bits per heavy atom. The average molecular weight is 461 g/mol. The second-order valence-corrected chi connectivity index (χ2v) is 8.19. The smallest absolute Gasteiger partial charge is 0.285 e. The normalized spacial score (nSPS) is 12.0. The van der Waals surface area contributed by atoms with Crippen LogP contribution in [0.15, 0.2) is 18.3 Å². The zero-order valence-electron chi connectivity index (χ0n) is 18.9. The number of hydrogen-bond acceptors (Lipinski definition) is 9. The van der Waals surface area contributed by atoms with E-state index in [0.717, 1.165) is 5.56 Å². The number of fused-ring (bicyclic) bond motifs is 1. The summed E-state index contributed by atoms with van der Waals surface area (Å²) in [4.78, 5) is 28.3. The first-order valence-electron chi connectivity index (χ1n) is 10.3. The number of hydrogen-bond donors (Lipinski definition) is 2. The Balaban J connectivity index is 2.21. The summed E-state index contributed by atoms with van der Waals surface area (Å²) in [6.07, 6.45) is 3.09. The first-order chi connectivity index (χ1) is 15.3. The Morgan fingerprint density at radius 3 is 2.75 bits per heavy atom. The minimum atomic E-state index is -1.54. The average Bonchev–Trinajstić information content (AvgIpc) is 3.12. The Hall–Kier alpha value is -3.12. The molecule has 0 spiro atoms. The lowest BCUT2D eigenvalue weighted by molar-refractivity contribution is 0.0977. The van der Waals surface area contributed by atoms with Gasteiger partial charge in [-0.1, -0.05) is 0 Å². The maximum atomic E-state index is 12.8. The third-order valence-electron chi connectivity index (χ3n) is 4.66. The van der Waals surface area contributed by atoms with Crippen LogP contribution in [-0.4, -0.2) is 67.9 Å². The molecule has 2 N–H and O–H groups in total. The molecule has 3 aromatic heterocycles. The van der Waals surface area contributed by atoms with Gasteiger partial charge >= 0.3 is 0 Å². The summed E-state index contributed by atoms with van der Waals surface area (Å²) in [6.45, 7) is 7.85. The molecule has 0 saturated carbocycles. The van der Waals surface area contributed by atoms with Crippen LogP contribution in [0.25, 0.3) is 11.0 Å². The first-order valence-corrected chi connectivity index (χ1v) is 11.8. The maximum absolute atomic E-state index is 12.8. The van der Waals surface area contributed by atoms with Crippen LogP contribution in [0.4, 0.5) is 17.6 Å². The number of aryl methyl sites for hydroxylation is 1. The Bertz CT molecular complexity index is 1130. The fourth-order valence-corrected chi connectivity index (χ4v) is 3.34. The molecule has 0 saturated heterocycles. The van der Waals surface area contributed by atoms with Crippen LogP contribution in [0.2, 0.25) is 0 Å². The summed E-state index contributed by atoms with van der Waals surface area (Å²) >= 11 is 0. The molecule has 1 amide bonds. The molecule has 3 rings (SSSR count). The summed E-state index contributed by atoms with van der Waals surface area (Å²) < 4.78 is 21.1. The Labute approximate surface area is 189 Å². The molecule has 0 aromatic carbocycles. The molecule has 0 aliphatic heterocycles. The highest BCUT2D eigenvalue weighted by Crippen LogP contribution is 2.28. The van der Waals surface area contributed by atoms with Crippen molar-refractivity contribution >= 4 is 45.5 Å². The molecular weight excluding hydrogens is 432 g/mol. The van der Waals surface area contributed by atoms with Crippen LogP contribution in [-0.2, 0) is 22.3 Å². The van der Waals surface area contributed by atoms with Crippen molar-refractivity contribution in [2.24, 2.45) is 0 Å². The molecule has 172 valence electrons. The fourth-order valence-electron chi connectivity index (χ4n) is 2.98. The summed E-state index contributed by atoms with van der Waals surface area (Å²) in [5, 5.41) is 7.72. The molecule has 3 heterocycles. The minimum absolute atomic E-state index is 0.0695.